The van der Waals surface area contributed by atoms with E-state index in [0.29, 0.717) is 31.7 Å². The zero-order chi connectivity index (χ0) is 24.1. The molecule has 1 spiro atoms. The van der Waals surface area contributed by atoms with Gasteiger partial charge in [-0.15, -0.1) is 0 Å². The molecular formula is C26H33F3N2O3. The number of fused-ring (bicyclic) bond motifs is 1. The summed E-state index contributed by atoms with van der Waals surface area (Å²) in [5, 5.41) is 3.75. The Hall–Kier alpha value is -1.90. The van der Waals surface area contributed by atoms with Gasteiger partial charge in [-0.05, 0) is 61.3 Å². The van der Waals surface area contributed by atoms with Crippen LogP contribution < -0.4 is 5.32 Å². The average Bonchev–Trinajstić information content (AvgIpc) is 3.35. The van der Waals surface area contributed by atoms with Crippen molar-refractivity contribution in [3.63, 3.8) is 0 Å². The van der Waals surface area contributed by atoms with Crippen molar-refractivity contribution < 1.29 is 27.4 Å². The predicted molar refractivity (Wildman–Crippen MR) is 122 cm³/mol. The lowest BCUT2D eigenvalue weighted by molar-refractivity contribution is -0.138. The minimum atomic E-state index is -4.36. The van der Waals surface area contributed by atoms with Gasteiger partial charge in [0.1, 0.15) is 0 Å². The number of ether oxygens (including phenoxy) is 2. The van der Waals surface area contributed by atoms with Crippen LogP contribution in [0.1, 0.15) is 50.2 Å². The number of benzene rings is 1. The van der Waals surface area contributed by atoms with Gasteiger partial charge in [0.25, 0.3) is 0 Å². The van der Waals surface area contributed by atoms with Gasteiger partial charge in [0.05, 0.1) is 23.7 Å². The molecule has 5 rings (SSSR count). The molecule has 3 heterocycles. The molecule has 1 amide bonds. The van der Waals surface area contributed by atoms with E-state index in [0.717, 1.165) is 37.3 Å². The van der Waals surface area contributed by atoms with E-state index >= 15 is 0 Å². The topological polar surface area (TPSA) is 50.8 Å². The van der Waals surface area contributed by atoms with Gasteiger partial charge in [0, 0.05) is 38.4 Å². The summed E-state index contributed by atoms with van der Waals surface area (Å²) in [7, 11) is 1.71. The summed E-state index contributed by atoms with van der Waals surface area (Å²) in [6, 6.07) is 6.04. The van der Waals surface area contributed by atoms with Gasteiger partial charge in [-0.2, -0.15) is 13.2 Å². The molecule has 1 aromatic rings. The molecule has 0 radical (unpaired) electrons. The molecule has 8 heteroatoms. The van der Waals surface area contributed by atoms with E-state index in [1.165, 1.54) is 12.1 Å². The Kier molecular flexibility index (Phi) is 6.27. The minimum absolute atomic E-state index is 0.0209. The highest BCUT2D eigenvalue weighted by molar-refractivity contribution is 5.88. The molecule has 0 aromatic heterocycles. The molecule has 4 aliphatic rings. The summed E-state index contributed by atoms with van der Waals surface area (Å²) in [6.07, 6.45) is 1.67. The van der Waals surface area contributed by atoms with Gasteiger partial charge in [0.15, 0.2) is 0 Å². The van der Waals surface area contributed by atoms with Crippen LogP contribution in [-0.2, 0) is 20.4 Å². The maximum absolute atomic E-state index is 13.6. The number of nitrogens with zero attached hydrogens (tertiary/aromatic N) is 1. The fourth-order valence-corrected chi connectivity index (χ4v) is 6.69. The van der Waals surface area contributed by atoms with Crippen molar-refractivity contribution in [1.82, 2.24) is 10.2 Å². The number of carbonyl (C=O) groups excluding carboxylic acids is 1. The lowest BCUT2D eigenvalue weighted by atomic mass is 9.73. The molecular weight excluding hydrogens is 445 g/mol. The summed E-state index contributed by atoms with van der Waals surface area (Å²) < 4.78 is 50.8. The lowest BCUT2D eigenvalue weighted by Gasteiger charge is -2.34. The molecule has 34 heavy (non-hydrogen) atoms. The Labute approximate surface area is 198 Å². The number of methoxy groups -OCH3 is 1. The first-order valence-corrected chi connectivity index (χ1v) is 12.3. The maximum atomic E-state index is 13.6. The smallest absolute Gasteiger partial charge is 0.379 e. The van der Waals surface area contributed by atoms with Crippen molar-refractivity contribution in [3.05, 3.63) is 41.5 Å². The van der Waals surface area contributed by atoms with Crippen molar-refractivity contribution in [3.8, 4) is 0 Å². The molecule has 1 saturated carbocycles. The number of carbonyl (C=O) groups is 1. The van der Waals surface area contributed by atoms with Crippen molar-refractivity contribution >= 4 is 11.5 Å². The standard InChI is InChI=1S/C26H33F3N2O3/c1-16-22-13-18(17-4-3-5-19(12-17)26(27,28)29)7-10-31(22)24(32)25(16)9-6-20(14-25)30-21-8-11-34-15-23(21)33-2/h3-5,7,12,16,20-23,30H,6,8-11,13-15H2,1-2H3/t16-,20?,21?,22?,23?,25?/m0/s1. The summed E-state index contributed by atoms with van der Waals surface area (Å²) in [5.41, 5.74) is 0.480. The summed E-state index contributed by atoms with van der Waals surface area (Å²) in [4.78, 5) is 15.6. The summed E-state index contributed by atoms with van der Waals surface area (Å²) >= 11 is 0. The van der Waals surface area contributed by atoms with Gasteiger partial charge in [-0.25, -0.2) is 0 Å². The van der Waals surface area contributed by atoms with Crippen molar-refractivity contribution in [2.24, 2.45) is 11.3 Å². The zero-order valence-electron chi connectivity index (χ0n) is 19.7. The van der Waals surface area contributed by atoms with E-state index in [1.807, 2.05) is 11.0 Å². The summed E-state index contributed by atoms with van der Waals surface area (Å²) in [6.45, 7) is 3.92. The van der Waals surface area contributed by atoms with Gasteiger partial charge in [-0.1, -0.05) is 25.1 Å². The van der Waals surface area contributed by atoms with Crippen LogP contribution in [0.5, 0.6) is 0 Å². The highest BCUT2D eigenvalue weighted by atomic mass is 19.4. The van der Waals surface area contributed by atoms with Crippen molar-refractivity contribution in [2.45, 2.75) is 69.4 Å². The number of alkyl halides is 3. The lowest BCUT2D eigenvalue weighted by Crippen LogP contribution is -2.51. The Morgan fingerprint density at radius 1 is 1.26 bits per heavy atom. The first-order chi connectivity index (χ1) is 16.2. The number of nitrogens with one attached hydrogen (secondary N) is 1. The molecule has 6 atom stereocenters. The van der Waals surface area contributed by atoms with E-state index < -0.39 is 17.2 Å². The third kappa shape index (κ3) is 4.07. The van der Waals surface area contributed by atoms with Gasteiger partial charge in [0.2, 0.25) is 5.91 Å². The van der Waals surface area contributed by atoms with Gasteiger partial charge in [-0.3, -0.25) is 4.79 Å². The first-order valence-electron chi connectivity index (χ1n) is 12.3. The van der Waals surface area contributed by atoms with Crippen molar-refractivity contribution in [1.29, 1.82) is 0 Å². The zero-order valence-corrected chi connectivity index (χ0v) is 19.7. The highest BCUT2D eigenvalue weighted by Crippen LogP contribution is 2.55. The van der Waals surface area contributed by atoms with Crippen LogP contribution in [0, 0.1) is 11.3 Å². The second-order valence-electron chi connectivity index (χ2n) is 10.3. The van der Waals surface area contributed by atoms with Crippen molar-refractivity contribution in [2.75, 3.05) is 26.9 Å². The van der Waals surface area contributed by atoms with Crippen LogP contribution in [0.15, 0.2) is 30.3 Å². The van der Waals surface area contributed by atoms with Crippen LogP contribution in [0.25, 0.3) is 5.57 Å². The van der Waals surface area contributed by atoms with E-state index in [4.69, 9.17) is 9.47 Å². The number of halogens is 3. The van der Waals surface area contributed by atoms with E-state index in [2.05, 4.69) is 12.2 Å². The van der Waals surface area contributed by atoms with Gasteiger partial charge >= 0.3 is 6.18 Å². The molecule has 3 fully saturated rings. The average molecular weight is 479 g/mol. The molecule has 0 bridgehead atoms. The Balaban J connectivity index is 1.30. The second-order valence-corrected chi connectivity index (χ2v) is 10.3. The molecule has 1 aromatic carbocycles. The van der Waals surface area contributed by atoms with Crippen LogP contribution >= 0.6 is 0 Å². The molecule has 1 N–H and O–H groups in total. The molecule has 186 valence electrons. The molecule has 2 saturated heterocycles. The third-order valence-corrected chi connectivity index (χ3v) is 8.67. The van der Waals surface area contributed by atoms with E-state index in [1.54, 1.807) is 13.2 Å². The van der Waals surface area contributed by atoms with Crippen LogP contribution in [0.2, 0.25) is 0 Å². The Morgan fingerprint density at radius 2 is 2.09 bits per heavy atom. The van der Waals surface area contributed by atoms with E-state index in [-0.39, 0.29) is 36.1 Å². The number of hydrogen-bond donors (Lipinski definition) is 1. The van der Waals surface area contributed by atoms with E-state index in [9.17, 15) is 18.0 Å². The molecule has 1 aliphatic carbocycles. The number of rotatable bonds is 4. The largest absolute Gasteiger partial charge is 0.416 e. The highest BCUT2D eigenvalue weighted by Gasteiger charge is 2.60. The fourth-order valence-electron chi connectivity index (χ4n) is 6.69. The summed E-state index contributed by atoms with van der Waals surface area (Å²) in [5.74, 6) is 0.359. The minimum Gasteiger partial charge on any atom is -0.379 e. The SMILES string of the molecule is COC1COCCC1NC1CCC2(C1)C(=O)N1CC=C(c3cccc(C(F)(F)F)c3)CC1[C@@H]2C. The predicted octanol–water partition coefficient (Wildman–Crippen LogP) is 4.27. The third-order valence-electron chi connectivity index (χ3n) is 8.67. The Morgan fingerprint density at radius 3 is 2.85 bits per heavy atom. The Bertz CT molecular complexity index is 965. The number of amides is 1. The first kappa shape index (κ1) is 23.8. The molecule has 5 unspecified atom stereocenters. The quantitative estimate of drug-likeness (QED) is 0.702. The monoisotopic (exact) mass is 478 g/mol. The van der Waals surface area contributed by atoms with Gasteiger partial charge < -0.3 is 19.7 Å². The normalized spacial score (nSPS) is 36.1. The van der Waals surface area contributed by atoms with Crippen LogP contribution in [0.3, 0.4) is 0 Å². The maximum Gasteiger partial charge on any atom is 0.416 e. The van der Waals surface area contributed by atoms with Crippen LogP contribution in [-0.4, -0.2) is 61.9 Å². The fraction of sp³-hybridized carbons (Fsp3) is 0.654. The second kappa shape index (κ2) is 8.95. The molecule has 5 nitrogen and oxygen atoms in total. The van der Waals surface area contributed by atoms with Crippen LogP contribution in [0.4, 0.5) is 13.2 Å². The number of hydrogen-bond acceptors (Lipinski definition) is 4. The molecule has 3 aliphatic heterocycles.